The van der Waals surface area contributed by atoms with E-state index in [0.29, 0.717) is 24.9 Å². The number of fused-ring (bicyclic) bond motifs is 1. The summed E-state index contributed by atoms with van der Waals surface area (Å²) in [4.78, 5) is 25.1. The Morgan fingerprint density at radius 1 is 1.33 bits per heavy atom. The fraction of sp³-hybridized carbons (Fsp3) is 0.450. The molecule has 2 aromatic heterocycles. The average molecular weight is 420 g/mol. The smallest absolute Gasteiger partial charge is 0.356 e. The number of hydrogen-bond donors (Lipinski definition) is 3. The van der Waals surface area contributed by atoms with Gasteiger partial charge in [0.15, 0.2) is 0 Å². The molecule has 3 N–H and O–H groups in total. The van der Waals surface area contributed by atoms with Gasteiger partial charge in [-0.3, -0.25) is 4.79 Å². The van der Waals surface area contributed by atoms with Gasteiger partial charge in [-0.15, -0.1) is 0 Å². The molecule has 30 heavy (non-hydrogen) atoms. The van der Waals surface area contributed by atoms with Crippen molar-refractivity contribution >= 4 is 11.9 Å². The number of carbonyl (C=O) groups excluding carboxylic acids is 1. The van der Waals surface area contributed by atoms with Gasteiger partial charge in [-0.05, 0) is 37.8 Å². The van der Waals surface area contributed by atoms with Crippen molar-refractivity contribution < 1.29 is 18.0 Å². The first kappa shape index (κ1) is 20.4. The molecular weight excluding hydrogens is 397 g/mol. The van der Waals surface area contributed by atoms with Gasteiger partial charge in [0.2, 0.25) is 5.95 Å². The predicted molar refractivity (Wildman–Crippen MR) is 106 cm³/mol. The summed E-state index contributed by atoms with van der Waals surface area (Å²) in [5.74, 6) is -0.155. The van der Waals surface area contributed by atoms with Crippen LogP contribution in [-0.2, 0) is 12.6 Å². The van der Waals surface area contributed by atoms with Gasteiger partial charge in [0.25, 0.3) is 5.91 Å². The normalized spacial score (nSPS) is 19.9. The number of nitrogens with one attached hydrogen (secondary N) is 3. The van der Waals surface area contributed by atoms with Gasteiger partial charge in [0, 0.05) is 43.8 Å². The number of allylic oxidation sites excluding steroid dienone is 1. The Hall–Kier alpha value is -2.88. The molecular formula is C20H23F3N6O. The van der Waals surface area contributed by atoms with Gasteiger partial charge in [0.1, 0.15) is 11.3 Å². The molecule has 0 radical (unpaired) electrons. The summed E-state index contributed by atoms with van der Waals surface area (Å²) in [6.45, 7) is 1.62. The molecule has 4 rings (SSSR count). The second-order valence-corrected chi connectivity index (χ2v) is 7.54. The second kappa shape index (κ2) is 8.10. The number of hydrogen-bond acceptors (Lipinski definition) is 5. The number of amides is 1. The Morgan fingerprint density at radius 3 is 2.90 bits per heavy atom. The number of H-pyrrole nitrogens is 1. The highest BCUT2D eigenvalue weighted by molar-refractivity contribution is 5.96. The SMILES string of the molecule is CN1C=CCCc2c(-c3nc(NC4CCCNC4)ncc3C(F)(F)F)c[nH]c2C1=O. The molecule has 1 atom stereocenters. The lowest BCUT2D eigenvalue weighted by molar-refractivity contribution is -0.137. The molecule has 0 aromatic carbocycles. The topological polar surface area (TPSA) is 85.9 Å². The third-order valence-electron chi connectivity index (χ3n) is 5.39. The van der Waals surface area contributed by atoms with Crippen molar-refractivity contribution in [3.05, 3.63) is 41.5 Å². The third kappa shape index (κ3) is 4.04. The molecule has 10 heteroatoms. The molecule has 1 fully saturated rings. The van der Waals surface area contributed by atoms with Crippen LogP contribution < -0.4 is 10.6 Å². The number of nitrogens with zero attached hydrogens (tertiary/aromatic N) is 3. The minimum absolute atomic E-state index is 0.0514. The lowest BCUT2D eigenvalue weighted by Gasteiger charge is -2.24. The fourth-order valence-electron chi connectivity index (χ4n) is 3.84. The number of alkyl halides is 3. The van der Waals surface area contributed by atoms with Gasteiger partial charge in [-0.2, -0.15) is 13.2 Å². The molecule has 160 valence electrons. The maximum atomic E-state index is 13.7. The zero-order valence-corrected chi connectivity index (χ0v) is 16.5. The van der Waals surface area contributed by atoms with E-state index < -0.39 is 11.7 Å². The van der Waals surface area contributed by atoms with Crippen molar-refractivity contribution in [3.63, 3.8) is 0 Å². The van der Waals surface area contributed by atoms with Crippen molar-refractivity contribution in [3.8, 4) is 11.3 Å². The second-order valence-electron chi connectivity index (χ2n) is 7.54. The molecule has 1 unspecified atom stereocenters. The number of aromatic nitrogens is 3. The average Bonchev–Trinajstić information content (AvgIpc) is 3.12. The molecule has 0 saturated carbocycles. The zero-order chi connectivity index (χ0) is 21.3. The lowest BCUT2D eigenvalue weighted by Crippen LogP contribution is -2.38. The standard InChI is InChI=1S/C20H23F3N6O/c1-29-8-3-2-6-13-14(10-25-17(13)18(29)30)16-15(20(21,22)23)11-26-19(28-16)27-12-5-4-7-24-9-12/h3,8,10-12,24-25H,2,4-7,9H2,1H3,(H,26,27,28). The van der Waals surface area contributed by atoms with Gasteiger partial charge in [0.05, 0.1) is 5.69 Å². The number of piperidine rings is 1. The Balaban J connectivity index is 1.77. The Morgan fingerprint density at radius 2 is 2.17 bits per heavy atom. The van der Waals surface area contributed by atoms with Crippen LogP contribution in [0.4, 0.5) is 19.1 Å². The zero-order valence-electron chi connectivity index (χ0n) is 16.5. The summed E-state index contributed by atoms with van der Waals surface area (Å²) in [7, 11) is 1.61. The minimum atomic E-state index is -4.62. The minimum Gasteiger partial charge on any atom is -0.356 e. The summed E-state index contributed by atoms with van der Waals surface area (Å²) in [6, 6.07) is 0.0514. The lowest BCUT2D eigenvalue weighted by atomic mass is 9.99. The summed E-state index contributed by atoms with van der Waals surface area (Å²) in [5.41, 5.74) is -0.0434. The molecule has 0 bridgehead atoms. The van der Waals surface area contributed by atoms with E-state index in [9.17, 15) is 18.0 Å². The number of halogens is 3. The summed E-state index contributed by atoms with van der Waals surface area (Å²) < 4.78 is 41.2. The van der Waals surface area contributed by atoms with E-state index in [4.69, 9.17) is 0 Å². The summed E-state index contributed by atoms with van der Waals surface area (Å²) in [6.07, 6.45) is 4.01. The van der Waals surface area contributed by atoms with Crippen LogP contribution in [0, 0.1) is 0 Å². The number of aromatic amines is 1. The van der Waals surface area contributed by atoms with Gasteiger partial charge < -0.3 is 20.5 Å². The van der Waals surface area contributed by atoms with Crippen LogP contribution in [0.1, 0.15) is 40.9 Å². The van der Waals surface area contributed by atoms with Crippen LogP contribution in [0.15, 0.2) is 24.7 Å². The monoisotopic (exact) mass is 420 g/mol. The Labute approximate surface area is 171 Å². The number of rotatable bonds is 3. The van der Waals surface area contributed by atoms with Crippen LogP contribution in [0.25, 0.3) is 11.3 Å². The maximum absolute atomic E-state index is 13.7. The first-order chi connectivity index (χ1) is 14.3. The summed E-state index contributed by atoms with van der Waals surface area (Å²) in [5, 5.41) is 6.38. The van der Waals surface area contributed by atoms with E-state index in [1.54, 1.807) is 13.2 Å². The molecule has 2 aromatic rings. The first-order valence-corrected chi connectivity index (χ1v) is 9.90. The molecule has 4 heterocycles. The van der Waals surface area contributed by atoms with Crippen molar-refractivity contribution in [2.24, 2.45) is 0 Å². The van der Waals surface area contributed by atoms with Crippen molar-refractivity contribution in [2.75, 3.05) is 25.5 Å². The summed E-state index contributed by atoms with van der Waals surface area (Å²) >= 11 is 0. The molecule has 7 nitrogen and oxygen atoms in total. The van der Waals surface area contributed by atoms with Gasteiger partial charge in [-0.25, -0.2) is 9.97 Å². The van der Waals surface area contributed by atoms with Crippen molar-refractivity contribution in [2.45, 2.75) is 37.9 Å². The van der Waals surface area contributed by atoms with Crippen molar-refractivity contribution in [1.29, 1.82) is 0 Å². The van der Waals surface area contributed by atoms with E-state index in [1.165, 1.54) is 11.1 Å². The Bertz CT molecular complexity index is 962. The third-order valence-corrected chi connectivity index (χ3v) is 5.39. The molecule has 0 spiro atoms. The van der Waals surface area contributed by atoms with E-state index >= 15 is 0 Å². The maximum Gasteiger partial charge on any atom is 0.419 e. The first-order valence-electron chi connectivity index (χ1n) is 9.90. The van der Waals surface area contributed by atoms with Crippen LogP contribution in [0.2, 0.25) is 0 Å². The highest BCUT2D eigenvalue weighted by Crippen LogP contribution is 2.38. The van der Waals surface area contributed by atoms with E-state index in [1.807, 2.05) is 6.08 Å². The molecule has 1 saturated heterocycles. The molecule has 1 amide bonds. The quantitative estimate of drug-likeness (QED) is 0.710. The predicted octanol–water partition coefficient (Wildman–Crippen LogP) is 3.19. The van der Waals surface area contributed by atoms with Crippen LogP contribution >= 0.6 is 0 Å². The molecule has 2 aliphatic heterocycles. The number of carbonyl (C=O) groups is 1. The molecule has 2 aliphatic rings. The highest BCUT2D eigenvalue weighted by atomic mass is 19.4. The molecule has 0 aliphatic carbocycles. The van der Waals surface area contributed by atoms with E-state index in [-0.39, 0.29) is 34.8 Å². The van der Waals surface area contributed by atoms with Crippen LogP contribution in [0.3, 0.4) is 0 Å². The van der Waals surface area contributed by atoms with Crippen LogP contribution in [-0.4, -0.2) is 51.9 Å². The van der Waals surface area contributed by atoms with Gasteiger partial charge in [-0.1, -0.05) is 6.08 Å². The largest absolute Gasteiger partial charge is 0.419 e. The fourth-order valence-corrected chi connectivity index (χ4v) is 3.84. The Kier molecular flexibility index (Phi) is 5.50. The van der Waals surface area contributed by atoms with E-state index in [0.717, 1.165) is 25.6 Å². The van der Waals surface area contributed by atoms with Crippen molar-refractivity contribution in [1.82, 2.24) is 25.2 Å². The van der Waals surface area contributed by atoms with Crippen LogP contribution in [0.5, 0.6) is 0 Å². The van der Waals surface area contributed by atoms with E-state index in [2.05, 4.69) is 25.6 Å². The van der Waals surface area contributed by atoms with Gasteiger partial charge >= 0.3 is 6.18 Å². The number of anilines is 1. The highest BCUT2D eigenvalue weighted by Gasteiger charge is 2.37.